The minimum Gasteiger partial charge on any atom is -0.356 e. The second kappa shape index (κ2) is 10.1. The first-order valence-corrected chi connectivity index (χ1v) is 10.7. The zero-order valence-electron chi connectivity index (χ0n) is 17.9. The number of hydrogen-bond acceptors (Lipinski definition) is 8. The first-order chi connectivity index (χ1) is 15.6. The van der Waals surface area contributed by atoms with Gasteiger partial charge in [-0.05, 0) is 38.3 Å². The molecule has 0 aromatic carbocycles. The molecule has 0 bridgehead atoms. The van der Waals surface area contributed by atoms with Crippen LogP contribution >= 0.6 is 0 Å². The number of carbonyl (C=O) groups is 2. The average Bonchev–Trinajstić information content (AvgIpc) is 3.29. The van der Waals surface area contributed by atoms with Gasteiger partial charge in [0.15, 0.2) is 0 Å². The molecule has 0 radical (unpaired) electrons. The molecule has 1 atom stereocenters. The molecule has 32 heavy (non-hydrogen) atoms. The Balaban J connectivity index is 1.47. The molecule has 4 heterocycles. The largest absolute Gasteiger partial charge is 0.356 e. The van der Waals surface area contributed by atoms with Gasteiger partial charge in [0.2, 0.25) is 17.6 Å². The quantitative estimate of drug-likeness (QED) is 0.663. The number of hydrogen-bond donors (Lipinski definition) is 1. The van der Waals surface area contributed by atoms with Gasteiger partial charge in [-0.25, -0.2) is 4.98 Å². The molecule has 3 aromatic rings. The van der Waals surface area contributed by atoms with Gasteiger partial charge in [-0.1, -0.05) is 5.16 Å². The van der Waals surface area contributed by atoms with Crippen LogP contribution in [0.3, 0.4) is 0 Å². The van der Waals surface area contributed by atoms with Gasteiger partial charge in [-0.2, -0.15) is 4.98 Å². The van der Waals surface area contributed by atoms with Gasteiger partial charge in [0.25, 0.3) is 5.91 Å². The van der Waals surface area contributed by atoms with E-state index in [-0.39, 0.29) is 29.8 Å². The number of aromatic nitrogens is 5. The molecule has 0 spiro atoms. The molecule has 1 aliphatic heterocycles. The molecule has 3 aromatic heterocycles. The Kier molecular flexibility index (Phi) is 6.78. The number of pyridine rings is 1. The van der Waals surface area contributed by atoms with Crippen molar-refractivity contribution in [2.24, 2.45) is 0 Å². The molecular weight excluding hydrogens is 410 g/mol. The molecule has 1 fully saturated rings. The van der Waals surface area contributed by atoms with Crippen molar-refractivity contribution in [3.05, 3.63) is 54.2 Å². The topological polar surface area (TPSA) is 127 Å². The number of nitrogens with zero attached hydrogens (tertiary/aromatic N) is 6. The van der Waals surface area contributed by atoms with Gasteiger partial charge in [0.05, 0.1) is 11.9 Å². The van der Waals surface area contributed by atoms with E-state index >= 15 is 0 Å². The van der Waals surface area contributed by atoms with Crippen LogP contribution in [0.4, 0.5) is 0 Å². The van der Waals surface area contributed by atoms with Crippen LogP contribution in [-0.2, 0) is 4.79 Å². The molecule has 1 N–H and O–H groups in total. The van der Waals surface area contributed by atoms with Crippen LogP contribution in [0.1, 0.15) is 53.7 Å². The molecular formula is C22H25N7O3. The van der Waals surface area contributed by atoms with E-state index in [4.69, 9.17) is 4.52 Å². The lowest BCUT2D eigenvalue weighted by molar-refractivity contribution is -0.121. The summed E-state index contributed by atoms with van der Waals surface area (Å²) in [7, 11) is 0. The van der Waals surface area contributed by atoms with Gasteiger partial charge in [-0.3, -0.25) is 19.6 Å². The Bertz CT molecular complexity index is 1050. The third kappa shape index (κ3) is 5.32. The summed E-state index contributed by atoms with van der Waals surface area (Å²) in [5, 5.41) is 7.01. The number of rotatable bonds is 3. The Morgan fingerprint density at radius 3 is 2.88 bits per heavy atom. The molecule has 1 saturated heterocycles. The van der Waals surface area contributed by atoms with Crippen molar-refractivity contribution in [2.75, 3.05) is 19.6 Å². The molecule has 1 aliphatic rings. The maximum absolute atomic E-state index is 12.9. The molecule has 1 unspecified atom stereocenters. The van der Waals surface area contributed by atoms with Crippen molar-refractivity contribution >= 4 is 11.8 Å². The van der Waals surface area contributed by atoms with Crippen molar-refractivity contribution in [1.82, 2.24) is 35.3 Å². The van der Waals surface area contributed by atoms with E-state index in [0.29, 0.717) is 37.8 Å². The minimum atomic E-state index is -0.224. The highest BCUT2D eigenvalue weighted by Gasteiger charge is 2.24. The highest BCUT2D eigenvalue weighted by molar-refractivity contribution is 5.92. The zero-order valence-corrected chi connectivity index (χ0v) is 17.9. The molecule has 4 rings (SSSR count). The summed E-state index contributed by atoms with van der Waals surface area (Å²) in [6, 6.07) is 3.69. The maximum atomic E-state index is 12.9. The van der Waals surface area contributed by atoms with E-state index in [1.54, 1.807) is 23.5 Å². The highest BCUT2D eigenvalue weighted by atomic mass is 16.5. The lowest BCUT2D eigenvalue weighted by atomic mass is 9.99. The SMILES string of the molecule is Cc1cnc(C(=O)N2CCCC(c3nc(-c4cccnc4)no3)CCNC(=O)CC2)cn1. The number of aryl methyl sites for hydroxylation is 1. The van der Waals surface area contributed by atoms with Crippen LogP contribution in [0.25, 0.3) is 11.4 Å². The second-order valence-electron chi connectivity index (χ2n) is 7.76. The highest BCUT2D eigenvalue weighted by Crippen LogP contribution is 2.26. The Hall–Kier alpha value is -3.69. The fourth-order valence-electron chi connectivity index (χ4n) is 3.62. The number of nitrogens with one attached hydrogen (secondary N) is 1. The van der Waals surface area contributed by atoms with Crippen molar-refractivity contribution in [3.8, 4) is 11.4 Å². The Morgan fingerprint density at radius 2 is 2.09 bits per heavy atom. The van der Waals surface area contributed by atoms with E-state index in [2.05, 4.69) is 30.4 Å². The predicted molar refractivity (Wildman–Crippen MR) is 114 cm³/mol. The van der Waals surface area contributed by atoms with Gasteiger partial charge >= 0.3 is 0 Å². The molecule has 166 valence electrons. The molecule has 0 saturated carbocycles. The lowest BCUT2D eigenvalue weighted by Crippen LogP contribution is -2.36. The lowest BCUT2D eigenvalue weighted by Gasteiger charge is -2.22. The van der Waals surface area contributed by atoms with Gasteiger partial charge < -0.3 is 14.7 Å². The van der Waals surface area contributed by atoms with Gasteiger partial charge in [-0.15, -0.1) is 0 Å². The van der Waals surface area contributed by atoms with Crippen molar-refractivity contribution < 1.29 is 14.1 Å². The van der Waals surface area contributed by atoms with E-state index < -0.39 is 0 Å². The van der Waals surface area contributed by atoms with Crippen LogP contribution < -0.4 is 5.32 Å². The first-order valence-electron chi connectivity index (χ1n) is 10.7. The predicted octanol–water partition coefficient (Wildman–Crippen LogP) is 2.15. The van der Waals surface area contributed by atoms with E-state index in [0.717, 1.165) is 24.1 Å². The van der Waals surface area contributed by atoms with Gasteiger partial charge in [0.1, 0.15) is 5.69 Å². The summed E-state index contributed by atoms with van der Waals surface area (Å²) < 4.78 is 5.54. The summed E-state index contributed by atoms with van der Waals surface area (Å²) >= 11 is 0. The van der Waals surface area contributed by atoms with E-state index in [1.165, 1.54) is 6.20 Å². The van der Waals surface area contributed by atoms with Crippen LogP contribution in [0.2, 0.25) is 0 Å². The monoisotopic (exact) mass is 435 g/mol. The summed E-state index contributed by atoms with van der Waals surface area (Å²) in [5.74, 6) is 0.668. The third-order valence-corrected chi connectivity index (χ3v) is 5.40. The fourth-order valence-corrected chi connectivity index (χ4v) is 3.62. The number of carbonyl (C=O) groups excluding carboxylic acids is 2. The average molecular weight is 435 g/mol. The van der Waals surface area contributed by atoms with E-state index in [9.17, 15) is 9.59 Å². The summed E-state index contributed by atoms with van der Waals surface area (Å²) in [6.07, 6.45) is 8.81. The second-order valence-corrected chi connectivity index (χ2v) is 7.76. The van der Waals surface area contributed by atoms with E-state index in [1.807, 2.05) is 19.1 Å². The Morgan fingerprint density at radius 1 is 1.19 bits per heavy atom. The molecule has 10 heteroatoms. The third-order valence-electron chi connectivity index (χ3n) is 5.40. The fraction of sp³-hybridized carbons (Fsp3) is 0.409. The zero-order chi connectivity index (χ0) is 22.3. The summed E-state index contributed by atoms with van der Waals surface area (Å²) in [4.78, 5) is 43.8. The first kappa shape index (κ1) is 21.5. The van der Waals surface area contributed by atoms with Crippen LogP contribution in [0.15, 0.2) is 41.4 Å². The molecule has 10 nitrogen and oxygen atoms in total. The van der Waals surface area contributed by atoms with Crippen LogP contribution in [0.5, 0.6) is 0 Å². The minimum absolute atomic E-state index is 0.0255. The standard InChI is InChI=1S/C22H25N7O3/c1-15-12-26-18(14-25-15)22(31)29-10-3-5-16(6-9-24-19(30)7-11-29)21-27-20(28-32-21)17-4-2-8-23-13-17/h2,4,8,12-14,16H,3,5-7,9-11H2,1H3,(H,24,30). The maximum Gasteiger partial charge on any atom is 0.274 e. The van der Waals surface area contributed by atoms with Crippen molar-refractivity contribution in [3.63, 3.8) is 0 Å². The smallest absolute Gasteiger partial charge is 0.274 e. The summed E-state index contributed by atoms with van der Waals surface area (Å²) in [6.45, 7) is 3.15. The summed E-state index contributed by atoms with van der Waals surface area (Å²) in [5.41, 5.74) is 1.80. The van der Waals surface area contributed by atoms with Gasteiger partial charge in [0, 0.05) is 56.1 Å². The van der Waals surface area contributed by atoms with Crippen molar-refractivity contribution in [1.29, 1.82) is 0 Å². The normalized spacial score (nSPS) is 18.0. The molecule has 2 amide bonds. The van der Waals surface area contributed by atoms with Crippen molar-refractivity contribution in [2.45, 2.75) is 38.5 Å². The van der Waals surface area contributed by atoms with Crippen LogP contribution in [-0.4, -0.2) is 61.4 Å². The van der Waals surface area contributed by atoms with Crippen LogP contribution in [0, 0.1) is 6.92 Å². The Labute approximate surface area is 185 Å². The molecule has 0 aliphatic carbocycles. The number of amides is 2.